The van der Waals surface area contributed by atoms with Crippen molar-refractivity contribution >= 4 is 12.0 Å². The molecular weight excluding hydrogens is 248 g/mol. The lowest BCUT2D eigenvalue weighted by molar-refractivity contribution is -0.140. The highest BCUT2D eigenvalue weighted by atomic mass is 16.5. The van der Waals surface area contributed by atoms with Gasteiger partial charge in [0, 0.05) is 19.7 Å². The Kier molecular flexibility index (Phi) is 8.95. The van der Waals surface area contributed by atoms with Crippen LogP contribution in [-0.4, -0.2) is 54.4 Å². The molecule has 0 heterocycles. The van der Waals surface area contributed by atoms with Crippen molar-refractivity contribution in [3.8, 4) is 0 Å². The van der Waals surface area contributed by atoms with E-state index in [-0.39, 0.29) is 11.9 Å². The summed E-state index contributed by atoms with van der Waals surface area (Å²) >= 11 is 0. The number of nitrogens with zero attached hydrogens (tertiary/aromatic N) is 1. The van der Waals surface area contributed by atoms with Gasteiger partial charge in [-0.05, 0) is 19.8 Å². The zero-order chi connectivity index (χ0) is 14.8. The quantitative estimate of drug-likeness (QED) is 0.625. The Hall–Kier alpha value is -1.30. The number of likely N-dealkylation sites (N-methyl/N-ethyl adjacent to an activating group) is 1. The molecule has 0 aliphatic rings. The van der Waals surface area contributed by atoms with Crippen molar-refractivity contribution in [3.63, 3.8) is 0 Å². The maximum Gasteiger partial charge on any atom is 0.326 e. The second-order valence-electron chi connectivity index (χ2n) is 4.43. The first-order valence-electron chi connectivity index (χ1n) is 6.83. The zero-order valence-electron chi connectivity index (χ0n) is 12.3. The van der Waals surface area contributed by atoms with Gasteiger partial charge in [0.15, 0.2) is 0 Å². The van der Waals surface area contributed by atoms with Crippen LogP contribution in [0.4, 0.5) is 4.79 Å². The van der Waals surface area contributed by atoms with Gasteiger partial charge in [0.05, 0.1) is 6.61 Å². The fourth-order valence-electron chi connectivity index (χ4n) is 1.63. The van der Waals surface area contributed by atoms with Gasteiger partial charge in [-0.2, -0.15) is 0 Å². The molecule has 0 fully saturated rings. The number of aliphatic carboxylic acids is 1. The number of carbonyl (C=O) groups is 2. The first kappa shape index (κ1) is 17.7. The second kappa shape index (κ2) is 9.61. The molecule has 0 aromatic heterocycles. The van der Waals surface area contributed by atoms with E-state index in [4.69, 9.17) is 9.84 Å². The van der Waals surface area contributed by atoms with E-state index in [1.165, 1.54) is 0 Å². The third-order valence-electron chi connectivity index (χ3n) is 3.14. The number of rotatable bonds is 9. The van der Waals surface area contributed by atoms with Gasteiger partial charge in [0.2, 0.25) is 0 Å². The van der Waals surface area contributed by atoms with Gasteiger partial charge in [-0.15, -0.1) is 0 Å². The van der Waals surface area contributed by atoms with Gasteiger partial charge in [0.1, 0.15) is 6.04 Å². The smallest absolute Gasteiger partial charge is 0.326 e. The van der Waals surface area contributed by atoms with Crippen LogP contribution in [0.3, 0.4) is 0 Å². The molecule has 0 saturated heterocycles. The molecule has 2 N–H and O–H groups in total. The molecule has 0 saturated carbocycles. The Morgan fingerprint density at radius 2 is 1.95 bits per heavy atom. The third-order valence-corrected chi connectivity index (χ3v) is 3.14. The topological polar surface area (TPSA) is 78.9 Å². The van der Waals surface area contributed by atoms with Crippen molar-refractivity contribution in [2.24, 2.45) is 5.92 Å². The van der Waals surface area contributed by atoms with Gasteiger partial charge in [0.25, 0.3) is 0 Å². The van der Waals surface area contributed by atoms with E-state index in [9.17, 15) is 9.59 Å². The number of nitrogens with one attached hydrogen (secondary N) is 1. The lowest BCUT2D eigenvalue weighted by atomic mass is 9.99. The Balaban J connectivity index is 4.46. The van der Waals surface area contributed by atoms with E-state index < -0.39 is 12.0 Å². The van der Waals surface area contributed by atoms with E-state index in [1.54, 1.807) is 4.90 Å². The van der Waals surface area contributed by atoms with E-state index in [1.807, 2.05) is 27.7 Å². The average molecular weight is 274 g/mol. The molecule has 0 aromatic rings. The summed E-state index contributed by atoms with van der Waals surface area (Å²) in [6.45, 7) is 9.50. The summed E-state index contributed by atoms with van der Waals surface area (Å²) in [6, 6.07) is -1.20. The fourth-order valence-corrected chi connectivity index (χ4v) is 1.63. The monoisotopic (exact) mass is 274 g/mol. The van der Waals surface area contributed by atoms with Gasteiger partial charge >= 0.3 is 12.0 Å². The molecule has 0 rings (SSSR count). The molecule has 2 atom stereocenters. The molecule has 2 unspecified atom stereocenters. The SMILES string of the molecule is CCOCCN(CC)C(=O)NC(C(=O)O)C(C)CC. The second-order valence-corrected chi connectivity index (χ2v) is 4.43. The van der Waals surface area contributed by atoms with Crippen LogP contribution in [0.5, 0.6) is 0 Å². The number of urea groups is 1. The molecular formula is C13H26N2O4. The Morgan fingerprint density at radius 1 is 1.32 bits per heavy atom. The summed E-state index contributed by atoms with van der Waals surface area (Å²) in [5, 5.41) is 11.7. The van der Waals surface area contributed by atoms with Crippen LogP contribution in [0.25, 0.3) is 0 Å². The minimum Gasteiger partial charge on any atom is -0.480 e. The Morgan fingerprint density at radius 3 is 2.37 bits per heavy atom. The summed E-state index contributed by atoms with van der Waals surface area (Å²) in [4.78, 5) is 24.7. The van der Waals surface area contributed by atoms with Gasteiger partial charge in [-0.25, -0.2) is 9.59 Å². The standard InChI is InChI=1S/C13H26N2O4/c1-5-10(4)11(12(16)17)14-13(18)15(6-2)8-9-19-7-3/h10-11H,5-9H2,1-4H3,(H,14,18)(H,16,17). The van der Waals surface area contributed by atoms with Crippen molar-refractivity contribution in [2.45, 2.75) is 40.2 Å². The van der Waals surface area contributed by atoms with E-state index in [0.717, 1.165) is 0 Å². The van der Waals surface area contributed by atoms with Gasteiger partial charge in [-0.1, -0.05) is 20.3 Å². The normalized spacial score (nSPS) is 13.7. The largest absolute Gasteiger partial charge is 0.480 e. The van der Waals surface area contributed by atoms with E-state index >= 15 is 0 Å². The molecule has 6 heteroatoms. The summed E-state index contributed by atoms with van der Waals surface area (Å²) in [5.41, 5.74) is 0. The Bertz CT molecular complexity index is 284. The number of ether oxygens (including phenoxy) is 1. The number of hydrogen-bond acceptors (Lipinski definition) is 3. The number of carbonyl (C=O) groups excluding carboxylic acids is 1. The molecule has 2 amide bonds. The Labute approximate surface area is 115 Å². The molecule has 0 bridgehead atoms. The number of carboxylic acids is 1. The highest BCUT2D eigenvalue weighted by Gasteiger charge is 2.26. The molecule has 6 nitrogen and oxygen atoms in total. The van der Waals surface area contributed by atoms with Gasteiger partial charge < -0.3 is 20.1 Å². The molecule has 0 radical (unpaired) electrons. The van der Waals surface area contributed by atoms with Crippen molar-refractivity contribution in [3.05, 3.63) is 0 Å². The van der Waals surface area contributed by atoms with Crippen LogP contribution in [0.2, 0.25) is 0 Å². The summed E-state index contributed by atoms with van der Waals surface area (Å²) < 4.78 is 5.20. The molecule has 19 heavy (non-hydrogen) atoms. The summed E-state index contributed by atoms with van der Waals surface area (Å²) in [6.07, 6.45) is 0.697. The van der Waals surface area contributed by atoms with Crippen molar-refractivity contribution in [1.82, 2.24) is 10.2 Å². The minimum absolute atomic E-state index is 0.105. The molecule has 112 valence electrons. The van der Waals surface area contributed by atoms with Crippen LogP contribution in [-0.2, 0) is 9.53 Å². The summed E-state index contributed by atoms with van der Waals surface area (Å²) in [5.74, 6) is -1.10. The molecule has 0 aliphatic carbocycles. The van der Waals surface area contributed by atoms with Crippen molar-refractivity contribution in [1.29, 1.82) is 0 Å². The highest BCUT2D eigenvalue weighted by Crippen LogP contribution is 2.08. The van der Waals surface area contributed by atoms with Crippen LogP contribution in [0, 0.1) is 5.92 Å². The van der Waals surface area contributed by atoms with Gasteiger partial charge in [-0.3, -0.25) is 0 Å². The van der Waals surface area contributed by atoms with Crippen LogP contribution in [0.15, 0.2) is 0 Å². The molecule has 0 aliphatic heterocycles. The minimum atomic E-state index is -0.997. The maximum atomic E-state index is 12.0. The van der Waals surface area contributed by atoms with Crippen molar-refractivity contribution < 1.29 is 19.4 Å². The third kappa shape index (κ3) is 6.42. The lowest BCUT2D eigenvalue weighted by Gasteiger charge is -2.26. The predicted molar refractivity (Wildman–Crippen MR) is 73.2 cm³/mol. The van der Waals surface area contributed by atoms with E-state index in [0.29, 0.717) is 32.7 Å². The number of amides is 2. The van der Waals surface area contributed by atoms with Crippen LogP contribution in [0.1, 0.15) is 34.1 Å². The lowest BCUT2D eigenvalue weighted by Crippen LogP contribution is -2.51. The average Bonchev–Trinajstić information content (AvgIpc) is 2.39. The number of carboxylic acid groups (broad SMARTS) is 1. The summed E-state index contributed by atoms with van der Waals surface area (Å²) in [7, 11) is 0. The maximum absolute atomic E-state index is 12.0. The van der Waals surface area contributed by atoms with Crippen LogP contribution < -0.4 is 5.32 Å². The highest BCUT2D eigenvalue weighted by molar-refractivity contribution is 5.82. The predicted octanol–water partition coefficient (Wildman–Crippen LogP) is 1.55. The van der Waals surface area contributed by atoms with E-state index in [2.05, 4.69) is 5.32 Å². The molecule has 0 aromatic carbocycles. The fraction of sp³-hybridized carbons (Fsp3) is 0.846. The number of hydrogen-bond donors (Lipinski definition) is 2. The molecule has 0 spiro atoms. The van der Waals surface area contributed by atoms with Crippen LogP contribution >= 0.6 is 0 Å². The first-order chi connectivity index (χ1) is 8.97. The zero-order valence-corrected chi connectivity index (χ0v) is 12.3. The van der Waals surface area contributed by atoms with Crippen molar-refractivity contribution in [2.75, 3.05) is 26.3 Å². The first-order valence-corrected chi connectivity index (χ1v) is 6.83.